The van der Waals surface area contributed by atoms with E-state index in [1.165, 1.54) is 32.5 Å². The molecule has 0 amide bonds. The molecule has 0 aliphatic carbocycles. The second-order valence-corrected chi connectivity index (χ2v) is 7.32. The van der Waals surface area contributed by atoms with Gasteiger partial charge in [-0.1, -0.05) is 32.1 Å². The van der Waals surface area contributed by atoms with Gasteiger partial charge >= 0.3 is 0 Å². The number of benzene rings is 1. The van der Waals surface area contributed by atoms with Gasteiger partial charge in [0.1, 0.15) is 0 Å². The molecule has 24 heavy (non-hydrogen) atoms. The van der Waals surface area contributed by atoms with E-state index in [9.17, 15) is 0 Å². The lowest BCUT2D eigenvalue weighted by atomic mass is 9.92. The fraction of sp³-hybridized carbons (Fsp3) is 0.619. The molecular weight excluding hydrogens is 298 g/mol. The number of quaternary nitrogens is 1. The van der Waals surface area contributed by atoms with Crippen molar-refractivity contribution in [3.8, 4) is 11.5 Å². The smallest absolute Gasteiger partial charge is 0.161 e. The van der Waals surface area contributed by atoms with Gasteiger partial charge < -0.3 is 14.4 Å². The molecule has 2 rings (SSSR count). The minimum Gasteiger partial charge on any atom is -0.493 e. The second kappa shape index (κ2) is 9.73. The number of piperidine rings is 1. The van der Waals surface area contributed by atoms with Crippen molar-refractivity contribution < 1.29 is 14.4 Å². The number of ether oxygens (including phenoxy) is 2. The number of unbranched alkanes of at least 4 members (excludes halogenated alkanes) is 1. The minimum absolute atomic E-state index is 0.762. The third-order valence-electron chi connectivity index (χ3n) is 4.81. The molecule has 0 aromatic heterocycles. The number of likely N-dealkylation sites (tertiary alicyclic amines) is 1. The first kappa shape index (κ1) is 18.9. The summed E-state index contributed by atoms with van der Waals surface area (Å²) in [5.74, 6) is 3.41. The van der Waals surface area contributed by atoms with Crippen LogP contribution in [0.1, 0.15) is 45.6 Å². The van der Waals surface area contributed by atoms with Crippen molar-refractivity contribution in [2.45, 2.75) is 40.0 Å². The molecule has 1 aliphatic heterocycles. The number of hydrogen-bond donors (Lipinski definition) is 1. The van der Waals surface area contributed by atoms with Crippen molar-refractivity contribution >= 4 is 6.08 Å². The first-order chi connectivity index (χ1) is 11.6. The largest absolute Gasteiger partial charge is 0.493 e. The first-order valence-corrected chi connectivity index (χ1v) is 9.39. The maximum Gasteiger partial charge on any atom is 0.161 e. The summed E-state index contributed by atoms with van der Waals surface area (Å²) in [7, 11) is 1.70. The molecular formula is C21H34NO2+. The van der Waals surface area contributed by atoms with Gasteiger partial charge in [0.2, 0.25) is 0 Å². The van der Waals surface area contributed by atoms with Crippen LogP contribution in [0.2, 0.25) is 0 Å². The predicted molar refractivity (Wildman–Crippen MR) is 101 cm³/mol. The van der Waals surface area contributed by atoms with Crippen molar-refractivity contribution in [3.05, 3.63) is 29.8 Å². The maximum atomic E-state index is 5.93. The predicted octanol–water partition coefficient (Wildman–Crippen LogP) is 3.45. The molecule has 1 aromatic carbocycles. The van der Waals surface area contributed by atoms with Crippen molar-refractivity contribution in [1.29, 1.82) is 0 Å². The summed E-state index contributed by atoms with van der Waals surface area (Å²) in [6.07, 6.45) is 7.82. The molecule has 0 bridgehead atoms. The molecule has 0 spiro atoms. The van der Waals surface area contributed by atoms with E-state index in [2.05, 4.69) is 26.0 Å². The van der Waals surface area contributed by atoms with E-state index in [1.54, 1.807) is 12.0 Å². The Hall–Kier alpha value is -1.48. The summed E-state index contributed by atoms with van der Waals surface area (Å²) in [5.41, 5.74) is 1.14. The highest BCUT2D eigenvalue weighted by atomic mass is 16.5. The molecule has 1 aliphatic rings. The zero-order valence-electron chi connectivity index (χ0n) is 15.8. The average molecular weight is 333 g/mol. The van der Waals surface area contributed by atoms with E-state index in [0.29, 0.717) is 0 Å². The Morgan fingerprint density at radius 2 is 1.88 bits per heavy atom. The molecule has 1 saturated heterocycles. The molecule has 3 nitrogen and oxygen atoms in total. The fourth-order valence-electron chi connectivity index (χ4n) is 3.89. The topological polar surface area (TPSA) is 22.9 Å². The molecule has 0 radical (unpaired) electrons. The van der Waals surface area contributed by atoms with Crippen molar-refractivity contribution in [1.82, 2.24) is 0 Å². The van der Waals surface area contributed by atoms with Crippen LogP contribution in [-0.4, -0.2) is 33.4 Å². The Kier molecular flexibility index (Phi) is 7.64. The molecule has 3 heteroatoms. The van der Waals surface area contributed by atoms with E-state index < -0.39 is 0 Å². The van der Waals surface area contributed by atoms with Crippen molar-refractivity contribution in [2.75, 3.05) is 33.4 Å². The Balaban J connectivity index is 1.72. The van der Waals surface area contributed by atoms with Crippen LogP contribution >= 0.6 is 0 Å². The van der Waals surface area contributed by atoms with Crippen molar-refractivity contribution in [2.24, 2.45) is 11.8 Å². The average Bonchev–Trinajstić information content (AvgIpc) is 2.55. The van der Waals surface area contributed by atoms with E-state index in [-0.39, 0.29) is 0 Å². The third kappa shape index (κ3) is 5.86. The van der Waals surface area contributed by atoms with Crippen LogP contribution in [0.5, 0.6) is 11.5 Å². The molecule has 134 valence electrons. The minimum atomic E-state index is 0.762. The summed E-state index contributed by atoms with van der Waals surface area (Å²) < 4.78 is 11.4. The molecule has 1 N–H and O–H groups in total. The zero-order chi connectivity index (χ0) is 17.4. The van der Waals surface area contributed by atoms with Crippen LogP contribution in [0.15, 0.2) is 24.3 Å². The highest BCUT2D eigenvalue weighted by Crippen LogP contribution is 2.28. The normalized spacial score (nSPS) is 24.2. The Labute approximate surface area is 147 Å². The van der Waals surface area contributed by atoms with Crippen LogP contribution < -0.4 is 14.4 Å². The highest BCUT2D eigenvalue weighted by molar-refractivity contribution is 5.55. The standard InChI is InChI=1S/C21H33NO2/c1-5-8-19-9-10-20(21(14-19)23-4)24-12-7-6-11-22-15-17(2)13-18(3)16-22/h5,8-10,14,17-18H,6-7,11-13,15-16H2,1-4H3/p+1/b8-5+/t17-,18-/m0/s1. The summed E-state index contributed by atoms with van der Waals surface area (Å²) in [6, 6.07) is 6.10. The molecule has 1 fully saturated rings. The fourth-order valence-corrected chi connectivity index (χ4v) is 3.89. The van der Waals surface area contributed by atoms with Gasteiger partial charge in [-0.15, -0.1) is 0 Å². The lowest BCUT2D eigenvalue weighted by molar-refractivity contribution is -0.912. The van der Waals surface area contributed by atoms with Gasteiger partial charge in [-0.2, -0.15) is 0 Å². The van der Waals surface area contributed by atoms with Gasteiger partial charge in [-0.05, 0) is 43.9 Å². The molecule has 0 unspecified atom stereocenters. The van der Waals surface area contributed by atoms with Crippen LogP contribution in [-0.2, 0) is 0 Å². The van der Waals surface area contributed by atoms with Gasteiger partial charge in [-0.3, -0.25) is 0 Å². The molecule has 0 saturated carbocycles. The zero-order valence-corrected chi connectivity index (χ0v) is 15.8. The van der Waals surface area contributed by atoms with E-state index in [0.717, 1.165) is 41.9 Å². The van der Waals surface area contributed by atoms with Crippen LogP contribution in [0.3, 0.4) is 0 Å². The summed E-state index contributed by atoms with van der Waals surface area (Å²) in [6.45, 7) is 11.5. The van der Waals surface area contributed by atoms with Crippen molar-refractivity contribution in [3.63, 3.8) is 0 Å². The Bertz CT molecular complexity index is 517. The Morgan fingerprint density at radius 3 is 2.54 bits per heavy atom. The molecule has 1 heterocycles. The van der Waals surface area contributed by atoms with Crippen LogP contribution in [0.4, 0.5) is 0 Å². The van der Waals surface area contributed by atoms with E-state index in [1.807, 2.05) is 25.1 Å². The monoisotopic (exact) mass is 332 g/mol. The lowest BCUT2D eigenvalue weighted by Crippen LogP contribution is -3.14. The molecule has 2 atom stereocenters. The van der Waals surface area contributed by atoms with E-state index >= 15 is 0 Å². The van der Waals surface area contributed by atoms with E-state index in [4.69, 9.17) is 9.47 Å². The quantitative estimate of drug-likeness (QED) is 0.737. The summed E-state index contributed by atoms with van der Waals surface area (Å²) in [4.78, 5) is 1.77. The van der Waals surface area contributed by atoms with Gasteiger partial charge in [0.25, 0.3) is 0 Å². The number of methoxy groups -OCH3 is 1. The van der Waals surface area contributed by atoms with Crippen LogP contribution in [0.25, 0.3) is 6.08 Å². The van der Waals surface area contributed by atoms with Crippen LogP contribution in [0, 0.1) is 11.8 Å². The number of hydrogen-bond acceptors (Lipinski definition) is 2. The Morgan fingerprint density at radius 1 is 1.12 bits per heavy atom. The lowest BCUT2D eigenvalue weighted by Gasteiger charge is -2.32. The SMILES string of the molecule is C/C=C/c1ccc(OCCCC[NH+]2C[C@@H](C)C[C@H](C)C2)c(OC)c1. The summed E-state index contributed by atoms with van der Waals surface area (Å²) in [5, 5.41) is 0. The van der Waals surface area contributed by atoms with Gasteiger partial charge in [-0.25, -0.2) is 0 Å². The van der Waals surface area contributed by atoms with Gasteiger partial charge in [0, 0.05) is 11.8 Å². The summed E-state index contributed by atoms with van der Waals surface area (Å²) >= 11 is 0. The number of nitrogens with one attached hydrogen (secondary N) is 1. The second-order valence-electron chi connectivity index (χ2n) is 7.32. The van der Waals surface area contributed by atoms with Gasteiger partial charge in [0.15, 0.2) is 11.5 Å². The number of allylic oxidation sites excluding steroid dienone is 1. The van der Waals surface area contributed by atoms with Gasteiger partial charge in [0.05, 0.1) is 33.4 Å². The number of rotatable bonds is 8. The first-order valence-electron chi connectivity index (χ1n) is 9.39. The third-order valence-corrected chi connectivity index (χ3v) is 4.81. The maximum absolute atomic E-state index is 5.93. The highest BCUT2D eigenvalue weighted by Gasteiger charge is 2.24. The molecule has 1 aromatic rings.